The monoisotopic (exact) mass is 295 g/mol. The van der Waals surface area contributed by atoms with Gasteiger partial charge in [-0.2, -0.15) is 0 Å². The second-order valence-corrected chi connectivity index (χ2v) is 5.75. The molecule has 0 aromatic carbocycles. The van der Waals surface area contributed by atoms with Gasteiger partial charge in [-0.15, -0.1) is 15.0 Å². The molecule has 4 heterocycles. The van der Waals surface area contributed by atoms with E-state index in [1.54, 1.807) is 0 Å². The molecule has 1 N–H and O–H groups in total. The number of hydrogen-bond donors (Lipinski definition) is 1. The summed E-state index contributed by atoms with van der Waals surface area (Å²) in [5, 5.41) is 10.2. The lowest BCUT2D eigenvalue weighted by Gasteiger charge is -2.48. The lowest BCUT2D eigenvalue weighted by molar-refractivity contribution is -0.0227. The molecule has 2 bridgehead atoms. The van der Waals surface area contributed by atoms with Gasteiger partial charge in [0.05, 0.1) is 26.3 Å². The fourth-order valence-corrected chi connectivity index (χ4v) is 3.37. The third kappa shape index (κ3) is 2.67. The zero-order valence-corrected chi connectivity index (χ0v) is 12.7. The molecule has 3 aliphatic rings. The summed E-state index contributed by atoms with van der Waals surface area (Å²) >= 11 is 0. The van der Waals surface area contributed by atoms with Crippen molar-refractivity contribution in [2.45, 2.75) is 32.8 Å². The second kappa shape index (κ2) is 5.73. The van der Waals surface area contributed by atoms with Crippen molar-refractivity contribution in [1.29, 1.82) is 0 Å². The van der Waals surface area contributed by atoms with Crippen LogP contribution in [0.3, 0.4) is 0 Å². The van der Waals surface area contributed by atoms with E-state index in [1.807, 2.05) is 13.8 Å². The van der Waals surface area contributed by atoms with Gasteiger partial charge >= 0.3 is 18.0 Å². The van der Waals surface area contributed by atoms with Crippen LogP contribution in [0, 0.1) is 5.92 Å². The molecule has 1 aromatic heterocycles. The van der Waals surface area contributed by atoms with Gasteiger partial charge in [-0.25, -0.2) is 0 Å². The number of hydrogen-bond acceptors (Lipinski definition) is 6. The number of aromatic nitrogens is 3. The number of fused-ring (bicyclic) bond motifs is 3. The second-order valence-electron chi connectivity index (χ2n) is 5.75. The number of piperidine rings is 3. The maximum atomic E-state index is 10.2. The van der Waals surface area contributed by atoms with Crippen molar-refractivity contribution in [3.05, 3.63) is 0 Å². The minimum Gasteiger partial charge on any atom is -0.463 e. The van der Waals surface area contributed by atoms with Gasteiger partial charge < -0.3 is 14.6 Å². The lowest BCUT2D eigenvalue weighted by atomic mass is 9.84. The molecule has 1 atom stereocenters. The van der Waals surface area contributed by atoms with E-state index in [0.717, 1.165) is 25.9 Å². The summed E-state index contributed by atoms with van der Waals surface area (Å²) in [5.74, 6) is 1.10. The smallest absolute Gasteiger partial charge is 0.338 e. The van der Waals surface area contributed by atoms with Crippen LogP contribution in [0.15, 0.2) is 0 Å². The highest BCUT2D eigenvalue weighted by Gasteiger charge is 2.49. The van der Waals surface area contributed by atoms with Crippen LogP contribution in [0.4, 0.5) is 5.95 Å². The first kappa shape index (κ1) is 14.5. The van der Waals surface area contributed by atoms with Gasteiger partial charge in [0, 0.05) is 18.8 Å². The van der Waals surface area contributed by atoms with Crippen molar-refractivity contribution in [2.75, 3.05) is 32.8 Å². The Bertz CT molecular complexity index is 479. The maximum absolute atomic E-state index is 10.2. The van der Waals surface area contributed by atoms with E-state index in [0.29, 0.717) is 48.1 Å². The van der Waals surface area contributed by atoms with E-state index in [9.17, 15) is 5.11 Å². The van der Waals surface area contributed by atoms with Crippen molar-refractivity contribution in [3.63, 3.8) is 0 Å². The SMILES string of the molecule is CCOc1nc(OCC)nc([N+]23CCC(CC2)C(O)C3)n1. The average molecular weight is 295 g/mol. The quantitative estimate of drug-likeness (QED) is 0.808. The molecule has 1 unspecified atom stereocenters. The summed E-state index contributed by atoms with van der Waals surface area (Å²) in [4.78, 5) is 13.1. The number of quaternary nitrogens is 1. The molecule has 116 valence electrons. The first-order valence-electron chi connectivity index (χ1n) is 7.73. The predicted octanol–water partition coefficient (Wildman–Crippen LogP) is 0.761. The Hall–Kier alpha value is -1.47. The van der Waals surface area contributed by atoms with Gasteiger partial charge in [0.25, 0.3) is 0 Å². The number of rotatable bonds is 5. The largest absolute Gasteiger partial charge is 0.463 e. The van der Waals surface area contributed by atoms with Crippen LogP contribution >= 0.6 is 0 Å². The zero-order valence-electron chi connectivity index (χ0n) is 12.7. The number of nitrogens with zero attached hydrogens (tertiary/aromatic N) is 4. The van der Waals surface area contributed by atoms with Gasteiger partial charge in [-0.05, 0) is 13.8 Å². The maximum Gasteiger partial charge on any atom is 0.338 e. The van der Waals surface area contributed by atoms with Crippen LogP contribution in [0.25, 0.3) is 0 Å². The normalized spacial score (nSPS) is 31.2. The summed E-state index contributed by atoms with van der Waals surface area (Å²) < 4.78 is 11.5. The van der Waals surface area contributed by atoms with E-state index < -0.39 is 0 Å². The van der Waals surface area contributed by atoms with Gasteiger partial charge in [-0.1, -0.05) is 0 Å². The molecular formula is C14H23N4O3+. The summed E-state index contributed by atoms with van der Waals surface area (Å²) in [6, 6.07) is 0.612. The molecule has 0 amide bonds. The van der Waals surface area contributed by atoms with Gasteiger partial charge in [0.2, 0.25) is 0 Å². The van der Waals surface area contributed by atoms with Crippen molar-refractivity contribution in [1.82, 2.24) is 19.4 Å². The highest BCUT2D eigenvalue weighted by Crippen LogP contribution is 2.37. The van der Waals surface area contributed by atoms with Gasteiger partial charge in [0.15, 0.2) is 0 Å². The van der Waals surface area contributed by atoms with Gasteiger partial charge in [0.1, 0.15) is 12.6 Å². The summed E-state index contributed by atoms with van der Waals surface area (Å²) in [6.07, 6.45) is 1.76. The first-order valence-corrected chi connectivity index (χ1v) is 7.73. The van der Waals surface area contributed by atoms with Crippen molar-refractivity contribution < 1.29 is 14.6 Å². The average Bonchev–Trinajstić information content (AvgIpc) is 2.49. The van der Waals surface area contributed by atoms with E-state index >= 15 is 0 Å². The minimum atomic E-state index is -0.268. The third-order valence-corrected chi connectivity index (χ3v) is 4.49. The lowest BCUT2D eigenvalue weighted by Crippen LogP contribution is -2.65. The summed E-state index contributed by atoms with van der Waals surface area (Å²) in [6.45, 7) is 7.38. The fourth-order valence-electron chi connectivity index (χ4n) is 3.37. The molecule has 0 spiro atoms. The minimum absolute atomic E-state index is 0.268. The third-order valence-electron chi connectivity index (χ3n) is 4.49. The van der Waals surface area contributed by atoms with Crippen LogP contribution < -0.4 is 14.0 Å². The van der Waals surface area contributed by atoms with Gasteiger partial charge in [-0.3, -0.25) is 4.48 Å². The Morgan fingerprint density at radius 2 is 1.62 bits per heavy atom. The number of aliphatic hydroxyl groups excluding tert-OH is 1. The van der Waals surface area contributed by atoms with E-state index in [-0.39, 0.29) is 6.10 Å². The van der Waals surface area contributed by atoms with Crippen LogP contribution in [-0.4, -0.2) is 59.0 Å². The highest BCUT2D eigenvalue weighted by molar-refractivity contribution is 5.31. The highest BCUT2D eigenvalue weighted by atomic mass is 16.5. The molecule has 0 radical (unpaired) electrons. The molecule has 7 nitrogen and oxygen atoms in total. The molecule has 0 aliphatic carbocycles. The Kier molecular flexibility index (Phi) is 3.95. The number of ether oxygens (including phenoxy) is 2. The predicted molar refractivity (Wildman–Crippen MR) is 77.3 cm³/mol. The van der Waals surface area contributed by atoms with E-state index in [4.69, 9.17) is 9.47 Å². The Morgan fingerprint density at radius 3 is 2.10 bits per heavy atom. The Labute approximate surface area is 124 Å². The molecule has 3 aliphatic heterocycles. The molecule has 21 heavy (non-hydrogen) atoms. The first-order chi connectivity index (χ1) is 10.2. The Morgan fingerprint density at radius 1 is 1.05 bits per heavy atom. The molecule has 3 fully saturated rings. The van der Waals surface area contributed by atoms with E-state index in [2.05, 4.69) is 15.0 Å². The van der Waals surface area contributed by atoms with Crippen molar-refractivity contribution in [3.8, 4) is 12.0 Å². The molecule has 1 aromatic rings. The van der Waals surface area contributed by atoms with E-state index in [1.165, 1.54) is 0 Å². The molecule has 3 saturated heterocycles. The topological polar surface area (TPSA) is 77.4 Å². The zero-order chi connectivity index (χ0) is 14.9. The van der Waals surface area contributed by atoms with Crippen molar-refractivity contribution in [2.24, 2.45) is 5.92 Å². The van der Waals surface area contributed by atoms with Crippen molar-refractivity contribution >= 4 is 5.95 Å². The molecular weight excluding hydrogens is 272 g/mol. The van der Waals surface area contributed by atoms with Crippen LogP contribution in [0.5, 0.6) is 12.0 Å². The number of aliphatic hydroxyl groups is 1. The van der Waals surface area contributed by atoms with Crippen LogP contribution in [0.2, 0.25) is 0 Å². The molecule has 4 rings (SSSR count). The summed E-state index contributed by atoms with van der Waals surface area (Å²) in [7, 11) is 0. The van der Waals surface area contributed by atoms with Crippen LogP contribution in [-0.2, 0) is 0 Å². The Balaban J connectivity index is 1.96. The standard InChI is InChI=1S/C14H23N4O3/c1-3-20-13-15-12(16-14(17-13)21-4-2)18-7-5-10(6-8-18)11(19)9-18/h10-11,19H,3-9H2,1-2H3/q+1. The van der Waals surface area contributed by atoms with Crippen LogP contribution in [0.1, 0.15) is 26.7 Å². The summed E-state index contributed by atoms with van der Waals surface area (Å²) in [5.41, 5.74) is 0. The fraction of sp³-hybridized carbons (Fsp3) is 0.786. The molecule has 7 heteroatoms. The molecule has 0 saturated carbocycles.